The maximum atomic E-state index is 4.32. The first-order valence-electron chi connectivity index (χ1n) is 5.55. The normalized spacial score (nSPS) is 12.1. The summed E-state index contributed by atoms with van der Waals surface area (Å²) in [5, 5.41) is 0. The van der Waals surface area contributed by atoms with E-state index in [0.29, 0.717) is 0 Å². The van der Waals surface area contributed by atoms with Crippen LogP contribution in [0.15, 0.2) is 41.5 Å². The molecule has 16 heavy (non-hydrogen) atoms. The van der Waals surface area contributed by atoms with Crippen LogP contribution >= 0.6 is 0 Å². The highest BCUT2D eigenvalue weighted by molar-refractivity contribution is 5.87. The van der Waals surface area contributed by atoms with Gasteiger partial charge in [-0.25, -0.2) is 0 Å². The van der Waals surface area contributed by atoms with Gasteiger partial charge in [0.2, 0.25) is 0 Å². The molecule has 0 fully saturated rings. The first-order valence-corrected chi connectivity index (χ1v) is 5.55. The van der Waals surface area contributed by atoms with Gasteiger partial charge in [-0.2, -0.15) is 0 Å². The quantitative estimate of drug-likeness (QED) is 0.704. The molecule has 0 saturated heterocycles. The number of anilines is 1. The van der Waals surface area contributed by atoms with Crippen LogP contribution in [0.3, 0.4) is 0 Å². The standard InChI is InChI=1S/C14H20N2/c1-5-9-15-13(3)11-16(4)14-8-6-7-12(2)10-14/h5-10H,11H2,1-4H3/b9-5-,15-13?. The van der Waals surface area contributed by atoms with Gasteiger partial charge in [-0.05, 0) is 38.5 Å². The van der Waals surface area contributed by atoms with Crippen LogP contribution in [0.4, 0.5) is 5.69 Å². The minimum absolute atomic E-state index is 0.855. The minimum Gasteiger partial charge on any atom is -0.369 e. The summed E-state index contributed by atoms with van der Waals surface area (Å²) >= 11 is 0. The van der Waals surface area contributed by atoms with Crippen molar-refractivity contribution in [2.75, 3.05) is 18.5 Å². The molecular formula is C14H20N2. The Balaban J connectivity index is 2.68. The molecule has 2 heteroatoms. The number of rotatable bonds is 4. The fourth-order valence-electron chi connectivity index (χ4n) is 1.54. The Labute approximate surface area is 98.3 Å². The van der Waals surface area contributed by atoms with Gasteiger partial charge in [-0.3, -0.25) is 4.99 Å². The third-order valence-electron chi connectivity index (χ3n) is 2.35. The van der Waals surface area contributed by atoms with Crippen molar-refractivity contribution in [3.05, 3.63) is 42.1 Å². The number of benzene rings is 1. The molecule has 1 aromatic rings. The van der Waals surface area contributed by atoms with E-state index in [-0.39, 0.29) is 0 Å². The van der Waals surface area contributed by atoms with Crippen LogP contribution in [0.5, 0.6) is 0 Å². The molecule has 0 spiro atoms. The predicted octanol–water partition coefficient (Wildman–Crippen LogP) is 3.43. The van der Waals surface area contributed by atoms with Crippen molar-refractivity contribution in [3.63, 3.8) is 0 Å². The molecule has 0 aliphatic heterocycles. The maximum Gasteiger partial charge on any atom is 0.0556 e. The van der Waals surface area contributed by atoms with Crippen LogP contribution in [0.1, 0.15) is 19.4 Å². The van der Waals surface area contributed by atoms with Crippen molar-refractivity contribution in [1.82, 2.24) is 0 Å². The van der Waals surface area contributed by atoms with E-state index in [4.69, 9.17) is 0 Å². The molecule has 0 radical (unpaired) electrons. The molecule has 0 aliphatic carbocycles. The van der Waals surface area contributed by atoms with Crippen molar-refractivity contribution < 1.29 is 0 Å². The summed E-state index contributed by atoms with van der Waals surface area (Å²) in [7, 11) is 2.09. The van der Waals surface area contributed by atoms with Crippen molar-refractivity contribution in [3.8, 4) is 0 Å². The van der Waals surface area contributed by atoms with E-state index in [0.717, 1.165) is 12.3 Å². The molecule has 0 amide bonds. The monoisotopic (exact) mass is 216 g/mol. The highest BCUT2D eigenvalue weighted by Gasteiger charge is 2.01. The van der Waals surface area contributed by atoms with Crippen LogP contribution in [-0.4, -0.2) is 19.3 Å². The summed E-state index contributed by atoms with van der Waals surface area (Å²) in [6.07, 6.45) is 3.77. The summed E-state index contributed by atoms with van der Waals surface area (Å²) in [4.78, 5) is 6.53. The molecule has 0 heterocycles. The number of hydrogen-bond acceptors (Lipinski definition) is 2. The second-order valence-electron chi connectivity index (χ2n) is 4.04. The summed E-state index contributed by atoms with van der Waals surface area (Å²) in [6.45, 7) is 6.99. The van der Waals surface area contributed by atoms with Gasteiger partial charge in [0.25, 0.3) is 0 Å². The second kappa shape index (κ2) is 6.11. The molecule has 0 aromatic heterocycles. The van der Waals surface area contributed by atoms with Crippen LogP contribution in [0.2, 0.25) is 0 Å². The number of nitrogens with zero attached hydrogens (tertiary/aromatic N) is 2. The highest BCUT2D eigenvalue weighted by atomic mass is 15.1. The van der Waals surface area contributed by atoms with Gasteiger partial charge in [0.1, 0.15) is 0 Å². The first kappa shape index (κ1) is 12.5. The van der Waals surface area contributed by atoms with E-state index in [2.05, 4.69) is 48.1 Å². The fraction of sp³-hybridized carbons (Fsp3) is 0.357. The smallest absolute Gasteiger partial charge is 0.0556 e. The lowest BCUT2D eigenvalue weighted by Gasteiger charge is -2.19. The molecular weight excluding hydrogens is 196 g/mol. The first-order chi connectivity index (χ1) is 7.63. The SMILES string of the molecule is C/C=C\N=C(C)CN(C)c1cccc(C)c1. The zero-order valence-electron chi connectivity index (χ0n) is 10.6. The minimum atomic E-state index is 0.855. The van der Waals surface area contributed by atoms with E-state index in [1.165, 1.54) is 11.3 Å². The molecule has 1 aromatic carbocycles. The van der Waals surface area contributed by atoms with Crippen molar-refractivity contribution in [2.45, 2.75) is 20.8 Å². The molecule has 1 rings (SSSR count). The van der Waals surface area contributed by atoms with Crippen LogP contribution < -0.4 is 4.90 Å². The van der Waals surface area contributed by atoms with Crippen molar-refractivity contribution in [1.29, 1.82) is 0 Å². The van der Waals surface area contributed by atoms with E-state index in [1.54, 1.807) is 0 Å². The van der Waals surface area contributed by atoms with Gasteiger partial charge in [-0.15, -0.1) is 0 Å². The second-order valence-corrected chi connectivity index (χ2v) is 4.04. The summed E-state index contributed by atoms with van der Waals surface area (Å²) in [5.41, 5.74) is 3.63. The van der Waals surface area contributed by atoms with E-state index in [9.17, 15) is 0 Å². The van der Waals surface area contributed by atoms with Gasteiger partial charge < -0.3 is 4.90 Å². The third kappa shape index (κ3) is 3.89. The Bertz CT molecular complexity index is 391. The van der Waals surface area contributed by atoms with Gasteiger partial charge in [0.15, 0.2) is 0 Å². The van der Waals surface area contributed by atoms with Crippen LogP contribution in [0.25, 0.3) is 0 Å². The molecule has 2 nitrogen and oxygen atoms in total. The van der Waals surface area contributed by atoms with Crippen molar-refractivity contribution >= 4 is 11.4 Å². The predicted molar refractivity (Wildman–Crippen MR) is 72.4 cm³/mol. The Morgan fingerprint density at radius 3 is 2.81 bits per heavy atom. The van der Waals surface area contributed by atoms with Gasteiger partial charge in [-0.1, -0.05) is 18.2 Å². The summed E-state index contributed by atoms with van der Waals surface area (Å²) in [6, 6.07) is 8.50. The summed E-state index contributed by atoms with van der Waals surface area (Å²) in [5.74, 6) is 0. The average Bonchev–Trinajstić information content (AvgIpc) is 2.26. The summed E-state index contributed by atoms with van der Waals surface area (Å²) < 4.78 is 0. The van der Waals surface area contributed by atoms with E-state index >= 15 is 0 Å². The lowest BCUT2D eigenvalue weighted by Crippen LogP contribution is -2.23. The molecule has 0 N–H and O–H groups in total. The Morgan fingerprint density at radius 2 is 2.19 bits per heavy atom. The fourth-order valence-corrected chi connectivity index (χ4v) is 1.54. The van der Waals surface area contributed by atoms with Crippen LogP contribution in [-0.2, 0) is 0 Å². The molecule has 0 aliphatic rings. The Kier molecular flexibility index (Phi) is 4.77. The van der Waals surface area contributed by atoms with Gasteiger partial charge >= 0.3 is 0 Å². The molecule has 0 atom stereocenters. The lowest BCUT2D eigenvalue weighted by molar-refractivity contribution is 1.05. The largest absolute Gasteiger partial charge is 0.369 e. The Hall–Kier alpha value is -1.57. The highest BCUT2D eigenvalue weighted by Crippen LogP contribution is 2.13. The zero-order valence-corrected chi connectivity index (χ0v) is 10.6. The number of aryl methyl sites for hydroxylation is 1. The zero-order chi connectivity index (χ0) is 12.0. The third-order valence-corrected chi connectivity index (χ3v) is 2.35. The van der Waals surface area contributed by atoms with Crippen LogP contribution in [0, 0.1) is 6.92 Å². The molecule has 0 bridgehead atoms. The molecule has 0 unspecified atom stereocenters. The number of hydrogen-bond donors (Lipinski definition) is 0. The van der Waals surface area contributed by atoms with Crippen molar-refractivity contribution in [2.24, 2.45) is 4.99 Å². The van der Waals surface area contributed by atoms with Gasteiger partial charge in [0, 0.05) is 24.6 Å². The number of aliphatic imine (C=N–C) groups is 1. The molecule has 0 saturated carbocycles. The Morgan fingerprint density at radius 1 is 1.44 bits per heavy atom. The number of allylic oxidation sites excluding steroid dienone is 1. The maximum absolute atomic E-state index is 4.32. The average molecular weight is 216 g/mol. The molecule has 86 valence electrons. The van der Waals surface area contributed by atoms with E-state index in [1.807, 2.05) is 26.1 Å². The van der Waals surface area contributed by atoms with E-state index < -0.39 is 0 Å². The lowest BCUT2D eigenvalue weighted by atomic mass is 10.2. The topological polar surface area (TPSA) is 15.6 Å². The van der Waals surface area contributed by atoms with Gasteiger partial charge in [0.05, 0.1) is 6.54 Å².